The van der Waals surface area contributed by atoms with E-state index in [0.717, 1.165) is 25.7 Å². The summed E-state index contributed by atoms with van der Waals surface area (Å²) < 4.78 is 0. The maximum Gasteiger partial charge on any atom is 0.227 e. The van der Waals surface area contributed by atoms with Crippen LogP contribution in [0, 0.1) is 5.92 Å². The highest BCUT2D eigenvalue weighted by atomic mass is 16.2. The van der Waals surface area contributed by atoms with Gasteiger partial charge in [0.25, 0.3) is 0 Å². The van der Waals surface area contributed by atoms with Crippen LogP contribution in [0.15, 0.2) is 12.3 Å². The van der Waals surface area contributed by atoms with Gasteiger partial charge in [-0.15, -0.1) is 0 Å². The maximum atomic E-state index is 11.7. The van der Waals surface area contributed by atoms with Crippen LogP contribution in [0.5, 0.6) is 0 Å². The van der Waals surface area contributed by atoms with E-state index in [1.165, 1.54) is 0 Å². The van der Waals surface area contributed by atoms with E-state index >= 15 is 0 Å². The van der Waals surface area contributed by atoms with Gasteiger partial charge in [0, 0.05) is 24.9 Å². The fourth-order valence-corrected chi connectivity index (χ4v) is 2.17. The lowest BCUT2D eigenvalue weighted by Crippen LogP contribution is -2.32. The number of aromatic nitrogens is 2. The molecule has 0 aromatic carbocycles. The molecule has 0 radical (unpaired) electrons. The van der Waals surface area contributed by atoms with Crippen LogP contribution in [0.3, 0.4) is 0 Å². The maximum absolute atomic E-state index is 11.7. The van der Waals surface area contributed by atoms with E-state index in [2.05, 4.69) is 20.8 Å². The molecule has 2 amide bonds. The second kappa shape index (κ2) is 6.18. The molecule has 0 bridgehead atoms. The molecular weight excluding hydrogens is 232 g/mol. The predicted octanol–water partition coefficient (Wildman–Crippen LogP) is 1.04. The Morgan fingerprint density at radius 1 is 1.39 bits per heavy atom. The molecular formula is C12H18N4O2. The van der Waals surface area contributed by atoms with E-state index in [9.17, 15) is 9.59 Å². The van der Waals surface area contributed by atoms with Crippen molar-refractivity contribution < 1.29 is 9.59 Å². The minimum atomic E-state index is -0.133. The van der Waals surface area contributed by atoms with Crippen molar-refractivity contribution in [3.63, 3.8) is 0 Å². The first-order chi connectivity index (χ1) is 8.75. The average Bonchev–Trinajstić information content (AvgIpc) is 3.00. The summed E-state index contributed by atoms with van der Waals surface area (Å²) in [6.45, 7) is 0.384. The Kier molecular flexibility index (Phi) is 4.33. The molecule has 1 aromatic rings. The number of nitrogens with zero attached hydrogens (tertiary/aromatic N) is 1. The van der Waals surface area contributed by atoms with Crippen molar-refractivity contribution in [2.24, 2.45) is 5.92 Å². The second-order valence-corrected chi connectivity index (χ2v) is 4.54. The van der Waals surface area contributed by atoms with E-state index in [1.807, 2.05) is 0 Å². The van der Waals surface area contributed by atoms with Crippen molar-refractivity contribution in [1.29, 1.82) is 0 Å². The van der Waals surface area contributed by atoms with Crippen molar-refractivity contribution in [2.45, 2.75) is 32.1 Å². The third-order valence-electron chi connectivity index (χ3n) is 3.15. The van der Waals surface area contributed by atoms with Crippen molar-refractivity contribution in [1.82, 2.24) is 15.5 Å². The summed E-state index contributed by atoms with van der Waals surface area (Å²) in [7, 11) is 0. The minimum absolute atomic E-state index is 0.0850. The number of carbonyl (C=O) groups is 2. The molecule has 2 rings (SSSR count). The SMILES string of the molecule is O=C(CCNC(=O)C1CCCC1)Nc1ccn[nH]1. The lowest BCUT2D eigenvalue weighted by molar-refractivity contribution is -0.124. The third-order valence-corrected chi connectivity index (χ3v) is 3.15. The largest absolute Gasteiger partial charge is 0.355 e. The Bertz CT molecular complexity index is 396. The van der Waals surface area contributed by atoms with Crippen LogP contribution >= 0.6 is 0 Å². The first kappa shape index (κ1) is 12.6. The summed E-state index contributed by atoms with van der Waals surface area (Å²) in [6, 6.07) is 1.68. The molecule has 1 aliphatic rings. The molecule has 0 saturated heterocycles. The fourth-order valence-electron chi connectivity index (χ4n) is 2.17. The summed E-state index contributed by atoms with van der Waals surface area (Å²) >= 11 is 0. The van der Waals surface area contributed by atoms with E-state index < -0.39 is 0 Å². The Labute approximate surface area is 106 Å². The van der Waals surface area contributed by atoms with Crippen molar-refractivity contribution in [3.8, 4) is 0 Å². The monoisotopic (exact) mass is 250 g/mol. The third kappa shape index (κ3) is 3.58. The zero-order valence-corrected chi connectivity index (χ0v) is 10.2. The Hall–Kier alpha value is -1.85. The van der Waals surface area contributed by atoms with Crippen molar-refractivity contribution in [2.75, 3.05) is 11.9 Å². The highest BCUT2D eigenvalue weighted by Crippen LogP contribution is 2.24. The minimum Gasteiger partial charge on any atom is -0.355 e. The molecule has 0 aliphatic heterocycles. The van der Waals surface area contributed by atoms with Gasteiger partial charge in [0.2, 0.25) is 11.8 Å². The van der Waals surface area contributed by atoms with Crippen LogP contribution in [0.1, 0.15) is 32.1 Å². The number of aromatic amines is 1. The topological polar surface area (TPSA) is 86.9 Å². The van der Waals surface area contributed by atoms with E-state index in [0.29, 0.717) is 12.4 Å². The number of nitrogens with one attached hydrogen (secondary N) is 3. The molecule has 0 unspecified atom stereocenters. The van der Waals surface area contributed by atoms with Gasteiger partial charge in [0.05, 0.1) is 6.20 Å². The molecule has 3 N–H and O–H groups in total. The molecule has 0 spiro atoms. The summed E-state index contributed by atoms with van der Waals surface area (Å²) in [5.74, 6) is 0.676. The molecule has 18 heavy (non-hydrogen) atoms. The number of hydrogen-bond donors (Lipinski definition) is 3. The number of anilines is 1. The van der Waals surface area contributed by atoms with Gasteiger partial charge in [-0.05, 0) is 12.8 Å². The van der Waals surface area contributed by atoms with Crippen LogP contribution in [0.2, 0.25) is 0 Å². The average molecular weight is 250 g/mol. The number of hydrogen-bond acceptors (Lipinski definition) is 3. The predicted molar refractivity (Wildman–Crippen MR) is 66.8 cm³/mol. The van der Waals surface area contributed by atoms with Gasteiger partial charge in [-0.2, -0.15) is 5.10 Å². The van der Waals surface area contributed by atoms with Crippen LogP contribution in [-0.4, -0.2) is 28.6 Å². The number of H-pyrrole nitrogens is 1. The van der Waals surface area contributed by atoms with E-state index in [4.69, 9.17) is 0 Å². The van der Waals surface area contributed by atoms with E-state index in [1.54, 1.807) is 12.3 Å². The Morgan fingerprint density at radius 3 is 2.83 bits per heavy atom. The molecule has 0 atom stereocenters. The first-order valence-corrected chi connectivity index (χ1v) is 6.32. The van der Waals surface area contributed by atoms with Crippen LogP contribution < -0.4 is 10.6 Å². The van der Waals surface area contributed by atoms with Gasteiger partial charge >= 0.3 is 0 Å². The fraction of sp³-hybridized carbons (Fsp3) is 0.583. The Morgan fingerprint density at radius 2 is 2.17 bits per heavy atom. The van der Waals surface area contributed by atoms with Crippen molar-refractivity contribution in [3.05, 3.63) is 12.3 Å². The first-order valence-electron chi connectivity index (χ1n) is 6.32. The van der Waals surface area contributed by atoms with Gasteiger partial charge in [-0.25, -0.2) is 0 Å². The molecule has 6 nitrogen and oxygen atoms in total. The zero-order chi connectivity index (χ0) is 12.8. The standard InChI is InChI=1S/C12H18N4O2/c17-11(15-10-5-8-14-16-10)6-7-13-12(18)9-3-1-2-4-9/h5,8-9H,1-4,6-7H2,(H,13,18)(H2,14,15,16,17). The van der Waals surface area contributed by atoms with Crippen LogP contribution in [0.25, 0.3) is 0 Å². The van der Waals surface area contributed by atoms with Crippen molar-refractivity contribution >= 4 is 17.6 Å². The smallest absolute Gasteiger partial charge is 0.227 e. The number of rotatable bonds is 5. The highest BCUT2D eigenvalue weighted by Gasteiger charge is 2.22. The molecule has 6 heteroatoms. The van der Waals surface area contributed by atoms with Crippen LogP contribution in [0.4, 0.5) is 5.82 Å². The normalized spacial score (nSPS) is 15.6. The molecule has 1 aliphatic carbocycles. The number of carbonyl (C=O) groups excluding carboxylic acids is 2. The van der Waals surface area contributed by atoms with Gasteiger partial charge in [-0.1, -0.05) is 12.8 Å². The molecule has 1 fully saturated rings. The summed E-state index contributed by atoms with van der Waals surface area (Å²) in [4.78, 5) is 23.2. The molecule has 1 saturated carbocycles. The lowest BCUT2D eigenvalue weighted by Gasteiger charge is -2.09. The second-order valence-electron chi connectivity index (χ2n) is 4.54. The van der Waals surface area contributed by atoms with Gasteiger partial charge < -0.3 is 10.6 Å². The number of amides is 2. The summed E-state index contributed by atoms with van der Waals surface area (Å²) in [5.41, 5.74) is 0. The van der Waals surface area contributed by atoms with Gasteiger partial charge in [0.15, 0.2) is 0 Å². The summed E-state index contributed by atoms with van der Waals surface area (Å²) in [6.07, 6.45) is 6.07. The quantitative estimate of drug-likeness (QED) is 0.729. The molecule has 1 aromatic heterocycles. The summed E-state index contributed by atoms with van der Waals surface area (Å²) in [5, 5.41) is 11.8. The highest BCUT2D eigenvalue weighted by molar-refractivity contribution is 5.90. The van der Waals surface area contributed by atoms with E-state index in [-0.39, 0.29) is 24.2 Å². The van der Waals surface area contributed by atoms with Gasteiger partial charge in [-0.3, -0.25) is 14.7 Å². The lowest BCUT2D eigenvalue weighted by atomic mass is 10.1. The Balaban J connectivity index is 1.62. The van der Waals surface area contributed by atoms with Crippen LogP contribution in [-0.2, 0) is 9.59 Å². The van der Waals surface area contributed by atoms with Gasteiger partial charge in [0.1, 0.15) is 5.82 Å². The molecule has 1 heterocycles. The molecule has 98 valence electrons. The zero-order valence-electron chi connectivity index (χ0n) is 10.2.